The number of rotatable bonds is 2. The molecule has 0 aliphatic carbocycles. The largest absolute Gasteiger partial charge is 0.361 e. The van der Waals surface area contributed by atoms with Gasteiger partial charge in [-0.2, -0.15) is 0 Å². The van der Waals surface area contributed by atoms with Crippen molar-refractivity contribution in [1.29, 1.82) is 0 Å². The number of hydrogen-bond acceptors (Lipinski definition) is 4. The molecule has 2 heterocycles. The van der Waals surface area contributed by atoms with Gasteiger partial charge < -0.3 is 4.90 Å². The van der Waals surface area contributed by atoms with E-state index in [-0.39, 0.29) is 11.0 Å². The maximum Gasteiger partial charge on any atom is 0.207 e. The number of Topliss-reactive ketones (excluding diaryl/α,β-unsaturated/α-hetero) is 1. The molecule has 0 aromatic carbocycles. The summed E-state index contributed by atoms with van der Waals surface area (Å²) in [7, 11) is 1.85. The third-order valence-corrected chi connectivity index (χ3v) is 4.05. The van der Waals surface area contributed by atoms with E-state index in [1.54, 1.807) is 12.3 Å². The summed E-state index contributed by atoms with van der Waals surface area (Å²) in [5.41, 5.74) is 0.449. The molecule has 0 N–H and O–H groups in total. The van der Waals surface area contributed by atoms with Crippen LogP contribution in [-0.2, 0) is 0 Å². The van der Waals surface area contributed by atoms with Gasteiger partial charge in [0.2, 0.25) is 5.78 Å². The van der Waals surface area contributed by atoms with Crippen LogP contribution >= 0.6 is 38.9 Å². The third kappa shape index (κ3) is 2.36. The Hall–Kier alpha value is -0.650. The Morgan fingerprint density at radius 3 is 3.06 bits per heavy atom. The van der Waals surface area contributed by atoms with E-state index < -0.39 is 0 Å². The van der Waals surface area contributed by atoms with Crippen LogP contribution in [0.2, 0.25) is 0 Å². The van der Waals surface area contributed by atoms with Gasteiger partial charge in [0, 0.05) is 23.1 Å². The van der Waals surface area contributed by atoms with Gasteiger partial charge in [0.05, 0.1) is 10.5 Å². The Balaban J connectivity index is 2.31. The second-order valence-corrected chi connectivity index (χ2v) is 5.53. The summed E-state index contributed by atoms with van der Waals surface area (Å²) >= 11 is 10.6. The molecule has 6 heteroatoms. The summed E-state index contributed by atoms with van der Waals surface area (Å²) in [5, 5.41) is 2.15. The molecule has 0 amide bonds. The lowest BCUT2D eigenvalue weighted by molar-refractivity contribution is 0.104. The van der Waals surface area contributed by atoms with E-state index >= 15 is 0 Å². The molecule has 1 aromatic heterocycles. The molecule has 16 heavy (non-hydrogen) atoms. The maximum atomic E-state index is 12.1. The average Bonchev–Trinajstić information content (AvgIpc) is 2.67. The molecular weight excluding hydrogens is 312 g/mol. The predicted molar refractivity (Wildman–Crippen MR) is 70.4 cm³/mol. The van der Waals surface area contributed by atoms with Gasteiger partial charge in [0.25, 0.3) is 0 Å². The summed E-state index contributed by atoms with van der Waals surface area (Å²) < 4.78 is 0.902. The van der Waals surface area contributed by atoms with Crippen molar-refractivity contribution in [3.05, 3.63) is 32.6 Å². The number of nitrogens with zero attached hydrogens (tertiary/aromatic N) is 2. The molecule has 3 nitrogen and oxygen atoms in total. The van der Waals surface area contributed by atoms with E-state index in [1.165, 1.54) is 11.3 Å². The minimum Gasteiger partial charge on any atom is -0.361 e. The van der Waals surface area contributed by atoms with Crippen molar-refractivity contribution in [2.75, 3.05) is 13.7 Å². The summed E-state index contributed by atoms with van der Waals surface area (Å²) in [6.07, 6.45) is 1.73. The first kappa shape index (κ1) is 11.8. The molecule has 0 saturated heterocycles. The van der Waals surface area contributed by atoms with Crippen molar-refractivity contribution < 1.29 is 4.79 Å². The van der Waals surface area contributed by atoms with Crippen molar-refractivity contribution in [1.82, 2.24) is 4.90 Å². The molecule has 0 radical (unpaired) electrons. The second-order valence-electron chi connectivity index (χ2n) is 3.35. The highest BCUT2D eigenvalue weighted by Gasteiger charge is 2.21. The minimum absolute atomic E-state index is 0.0870. The number of halogens is 2. The molecule has 0 atom stereocenters. The van der Waals surface area contributed by atoms with Crippen LogP contribution in [0.1, 0.15) is 9.67 Å². The van der Waals surface area contributed by atoms with Gasteiger partial charge in [-0.05, 0) is 22.0 Å². The number of ketones is 1. The molecule has 0 saturated carbocycles. The van der Waals surface area contributed by atoms with Crippen molar-refractivity contribution >= 4 is 49.8 Å². The molecule has 0 bridgehead atoms. The predicted octanol–water partition coefficient (Wildman–Crippen LogP) is 3.12. The summed E-state index contributed by atoms with van der Waals surface area (Å²) in [5.74, 6) is -0.0870. The van der Waals surface area contributed by atoms with Crippen molar-refractivity contribution in [3.63, 3.8) is 0 Å². The van der Waals surface area contributed by atoms with Crippen LogP contribution in [0.3, 0.4) is 0 Å². The Morgan fingerprint density at radius 1 is 1.69 bits per heavy atom. The van der Waals surface area contributed by atoms with Crippen molar-refractivity contribution in [3.8, 4) is 0 Å². The highest BCUT2D eigenvalue weighted by Crippen LogP contribution is 2.24. The highest BCUT2D eigenvalue weighted by molar-refractivity contribution is 9.10. The third-order valence-electron chi connectivity index (χ3n) is 2.04. The number of aliphatic imine (C=N–C) groups is 1. The van der Waals surface area contributed by atoms with Crippen molar-refractivity contribution in [2.45, 2.75) is 0 Å². The van der Waals surface area contributed by atoms with Crippen LogP contribution < -0.4 is 0 Å². The second kappa shape index (κ2) is 4.69. The summed E-state index contributed by atoms with van der Waals surface area (Å²) in [4.78, 5) is 18.6. The van der Waals surface area contributed by atoms with E-state index in [0.717, 1.165) is 4.47 Å². The molecule has 1 aliphatic rings. The monoisotopic (exact) mass is 318 g/mol. The first-order valence-electron chi connectivity index (χ1n) is 4.49. The molecule has 2 rings (SSSR count). The van der Waals surface area contributed by atoms with Crippen LogP contribution in [0.5, 0.6) is 0 Å². The smallest absolute Gasteiger partial charge is 0.207 e. The number of carbonyl (C=O) groups is 1. The van der Waals surface area contributed by atoms with Gasteiger partial charge in [-0.15, -0.1) is 11.3 Å². The Bertz CT molecular complexity index is 495. The van der Waals surface area contributed by atoms with Gasteiger partial charge in [0.15, 0.2) is 0 Å². The zero-order chi connectivity index (χ0) is 11.7. The zero-order valence-electron chi connectivity index (χ0n) is 8.41. The highest BCUT2D eigenvalue weighted by atomic mass is 79.9. The Morgan fingerprint density at radius 2 is 2.44 bits per heavy atom. The van der Waals surface area contributed by atoms with E-state index in [4.69, 9.17) is 11.6 Å². The SMILES string of the molecule is CN1C=C(C(=O)c2cc(Br)cs2)C(Cl)=NC1. The van der Waals surface area contributed by atoms with Crippen LogP contribution in [0, 0.1) is 0 Å². The van der Waals surface area contributed by atoms with Gasteiger partial charge in [-0.1, -0.05) is 11.6 Å². The number of thiophene rings is 1. The van der Waals surface area contributed by atoms with Crippen LogP contribution in [0.15, 0.2) is 32.7 Å². The number of allylic oxidation sites excluding steroid dienone is 1. The first-order chi connectivity index (χ1) is 7.58. The van der Waals surface area contributed by atoms with E-state index in [2.05, 4.69) is 20.9 Å². The molecule has 84 valence electrons. The van der Waals surface area contributed by atoms with Crippen molar-refractivity contribution in [2.24, 2.45) is 4.99 Å². The first-order valence-corrected chi connectivity index (χ1v) is 6.54. The summed E-state index contributed by atoms with van der Waals surface area (Å²) in [6, 6.07) is 1.78. The number of carbonyl (C=O) groups excluding carboxylic acids is 1. The fraction of sp³-hybridized carbons (Fsp3) is 0.200. The quantitative estimate of drug-likeness (QED) is 0.785. The van der Waals surface area contributed by atoms with Crippen LogP contribution in [0.25, 0.3) is 0 Å². The van der Waals surface area contributed by atoms with Gasteiger partial charge in [0.1, 0.15) is 11.8 Å². The van der Waals surface area contributed by atoms with Crippen LogP contribution in [0.4, 0.5) is 0 Å². The zero-order valence-corrected chi connectivity index (χ0v) is 11.6. The molecule has 0 spiro atoms. The van der Waals surface area contributed by atoms with Gasteiger partial charge in [-0.25, -0.2) is 0 Å². The minimum atomic E-state index is -0.0870. The average molecular weight is 320 g/mol. The topological polar surface area (TPSA) is 32.7 Å². The normalized spacial score (nSPS) is 15.8. The van der Waals surface area contributed by atoms with E-state index in [1.807, 2.05) is 17.3 Å². The Labute approximate surface area is 111 Å². The standard InChI is InChI=1S/C10H8BrClN2OS/c1-14-3-7(10(12)13-5-14)9(15)8-2-6(11)4-16-8/h2-4H,5H2,1H3. The lowest BCUT2D eigenvalue weighted by Crippen LogP contribution is -2.22. The molecule has 1 aliphatic heterocycles. The summed E-state index contributed by atoms with van der Waals surface area (Å²) in [6.45, 7) is 0.490. The van der Waals surface area contributed by atoms with E-state index in [0.29, 0.717) is 17.1 Å². The lowest BCUT2D eigenvalue weighted by atomic mass is 10.1. The molecule has 1 aromatic rings. The Kier molecular flexibility index (Phi) is 3.47. The van der Waals surface area contributed by atoms with Gasteiger partial charge >= 0.3 is 0 Å². The molecule has 0 unspecified atom stereocenters. The number of hydrogen-bond donors (Lipinski definition) is 0. The molecule has 0 fully saturated rings. The molecular formula is C10H8BrClN2OS. The fourth-order valence-electron chi connectivity index (χ4n) is 1.29. The van der Waals surface area contributed by atoms with E-state index in [9.17, 15) is 4.79 Å². The van der Waals surface area contributed by atoms with Crippen LogP contribution in [-0.4, -0.2) is 29.6 Å². The lowest BCUT2D eigenvalue weighted by Gasteiger charge is -2.18. The van der Waals surface area contributed by atoms with Gasteiger partial charge in [-0.3, -0.25) is 9.79 Å². The maximum absolute atomic E-state index is 12.1. The fourth-order valence-corrected chi connectivity index (χ4v) is 2.86.